The van der Waals surface area contributed by atoms with Crippen LogP contribution in [0.5, 0.6) is 0 Å². The number of unbranched alkanes of at least 4 members (excludes halogenated alkanes) is 35. The van der Waals surface area contributed by atoms with Crippen molar-refractivity contribution < 1.29 is 28.6 Å². The first-order valence-electron chi connectivity index (χ1n) is 27.7. The van der Waals surface area contributed by atoms with Gasteiger partial charge in [-0.1, -0.05) is 272 Å². The summed E-state index contributed by atoms with van der Waals surface area (Å²) in [6.07, 6.45) is 51.0. The molecule has 0 aromatic carbocycles. The topological polar surface area (TPSA) is 78.9 Å². The van der Waals surface area contributed by atoms with Crippen molar-refractivity contribution in [1.29, 1.82) is 0 Å². The van der Waals surface area contributed by atoms with Gasteiger partial charge in [0.15, 0.2) is 6.10 Å². The zero-order valence-electron chi connectivity index (χ0n) is 42.5. The molecule has 0 aromatic rings. The van der Waals surface area contributed by atoms with E-state index in [1.54, 1.807) is 0 Å². The Kier molecular flexibility index (Phi) is 47.6. The van der Waals surface area contributed by atoms with Crippen molar-refractivity contribution in [1.82, 2.24) is 0 Å². The fraction of sp³-hybridized carbons (Fsp3) is 0.946. The quantitative estimate of drug-likeness (QED) is 0.0344. The molecule has 1 atom stereocenters. The minimum atomic E-state index is -0.762. The summed E-state index contributed by atoms with van der Waals surface area (Å²) in [5, 5.41) is 0. The molecule has 368 valence electrons. The molecule has 0 saturated heterocycles. The summed E-state index contributed by atoms with van der Waals surface area (Å²) in [5.74, 6) is 0.820. The molecule has 0 radical (unpaired) electrons. The highest BCUT2D eigenvalue weighted by atomic mass is 16.6. The van der Waals surface area contributed by atoms with Gasteiger partial charge in [-0.15, -0.1) is 0 Å². The van der Waals surface area contributed by atoms with Crippen LogP contribution in [-0.2, 0) is 28.6 Å². The summed E-state index contributed by atoms with van der Waals surface area (Å²) in [5.41, 5.74) is 0. The summed E-state index contributed by atoms with van der Waals surface area (Å²) < 4.78 is 16.8. The Bertz CT molecular complexity index is 947. The molecule has 0 aromatic heterocycles. The van der Waals surface area contributed by atoms with Crippen LogP contribution in [-0.4, -0.2) is 37.2 Å². The van der Waals surface area contributed by atoms with E-state index in [0.29, 0.717) is 19.3 Å². The van der Waals surface area contributed by atoms with E-state index in [0.717, 1.165) is 69.6 Å². The van der Waals surface area contributed by atoms with Crippen molar-refractivity contribution in [2.24, 2.45) is 11.8 Å². The number of hydrogen-bond acceptors (Lipinski definition) is 6. The van der Waals surface area contributed by atoms with Crippen LogP contribution in [0.4, 0.5) is 0 Å². The van der Waals surface area contributed by atoms with Gasteiger partial charge < -0.3 is 14.2 Å². The minimum absolute atomic E-state index is 0.0633. The standard InChI is InChI=1S/C56H108O6/c1-6-7-8-9-10-11-20-26-31-36-41-46-54(57)60-49-53(62-56(59)48-43-38-33-28-23-25-30-35-40-45-52(4)5)50-61-55(58)47-42-37-32-27-22-19-17-15-13-12-14-16-18-21-24-29-34-39-44-51(2)3/h51-53H,6-50H2,1-5H3/t53-/m0/s1. The third kappa shape index (κ3) is 49.4. The lowest BCUT2D eigenvalue weighted by molar-refractivity contribution is -0.167. The maximum atomic E-state index is 12.8. The van der Waals surface area contributed by atoms with Gasteiger partial charge in [-0.2, -0.15) is 0 Å². The first-order chi connectivity index (χ1) is 30.2. The van der Waals surface area contributed by atoms with Crippen molar-refractivity contribution >= 4 is 17.9 Å². The molecule has 0 aliphatic heterocycles. The highest BCUT2D eigenvalue weighted by molar-refractivity contribution is 5.71. The zero-order valence-corrected chi connectivity index (χ0v) is 42.5. The predicted octanol–water partition coefficient (Wildman–Crippen LogP) is 18.1. The molecule has 0 fully saturated rings. The average Bonchev–Trinajstić information content (AvgIpc) is 3.24. The number of carbonyl (C=O) groups excluding carboxylic acids is 3. The average molecular weight is 877 g/mol. The molecule has 0 bridgehead atoms. The van der Waals surface area contributed by atoms with E-state index in [-0.39, 0.29) is 31.1 Å². The lowest BCUT2D eigenvalue weighted by Gasteiger charge is -2.18. The summed E-state index contributed by atoms with van der Waals surface area (Å²) in [6.45, 7) is 11.4. The van der Waals surface area contributed by atoms with Crippen LogP contribution in [0.2, 0.25) is 0 Å². The van der Waals surface area contributed by atoms with Gasteiger partial charge in [0, 0.05) is 19.3 Å². The van der Waals surface area contributed by atoms with E-state index in [4.69, 9.17) is 14.2 Å². The summed E-state index contributed by atoms with van der Waals surface area (Å²) in [6, 6.07) is 0. The Labute approximate surface area is 387 Å². The van der Waals surface area contributed by atoms with Crippen LogP contribution in [0.1, 0.15) is 311 Å². The summed E-state index contributed by atoms with van der Waals surface area (Å²) in [4.78, 5) is 38.0. The molecule has 62 heavy (non-hydrogen) atoms. The van der Waals surface area contributed by atoms with Gasteiger partial charge in [0.1, 0.15) is 13.2 Å². The third-order valence-corrected chi connectivity index (χ3v) is 12.7. The van der Waals surface area contributed by atoms with Crippen molar-refractivity contribution in [3.05, 3.63) is 0 Å². The fourth-order valence-electron chi connectivity index (χ4n) is 8.52. The van der Waals surface area contributed by atoms with Crippen LogP contribution in [0, 0.1) is 11.8 Å². The van der Waals surface area contributed by atoms with Crippen molar-refractivity contribution in [3.8, 4) is 0 Å². The van der Waals surface area contributed by atoms with Crippen LogP contribution < -0.4 is 0 Å². The molecular weight excluding hydrogens is 769 g/mol. The molecule has 0 aliphatic rings. The van der Waals surface area contributed by atoms with E-state index in [1.807, 2.05) is 0 Å². The largest absolute Gasteiger partial charge is 0.462 e. The van der Waals surface area contributed by atoms with Crippen LogP contribution in [0.3, 0.4) is 0 Å². The first kappa shape index (κ1) is 60.4. The van der Waals surface area contributed by atoms with Gasteiger partial charge in [-0.25, -0.2) is 0 Å². The van der Waals surface area contributed by atoms with E-state index in [2.05, 4.69) is 34.6 Å². The monoisotopic (exact) mass is 877 g/mol. The summed E-state index contributed by atoms with van der Waals surface area (Å²) >= 11 is 0. The van der Waals surface area contributed by atoms with Crippen LogP contribution >= 0.6 is 0 Å². The number of hydrogen-bond donors (Lipinski definition) is 0. The molecule has 0 unspecified atom stereocenters. The van der Waals surface area contributed by atoms with Gasteiger partial charge in [-0.05, 0) is 31.1 Å². The number of ether oxygens (including phenoxy) is 3. The Hall–Kier alpha value is -1.59. The van der Waals surface area contributed by atoms with Crippen LogP contribution in [0.25, 0.3) is 0 Å². The molecule has 0 N–H and O–H groups in total. The smallest absolute Gasteiger partial charge is 0.306 e. The van der Waals surface area contributed by atoms with Gasteiger partial charge in [0.05, 0.1) is 0 Å². The fourth-order valence-corrected chi connectivity index (χ4v) is 8.52. The Balaban J connectivity index is 4.20. The van der Waals surface area contributed by atoms with E-state index >= 15 is 0 Å². The molecular formula is C56H108O6. The van der Waals surface area contributed by atoms with Gasteiger partial charge in [0.25, 0.3) is 0 Å². The second-order valence-corrected chi connectivity index (χ2v) is 20.2. The molecule has 0 amide bonds. The van der Waals surface area contributed by atoms with Crippen LogP contribution in [0.15, 0.2) is 0 Å². The molecule has 0 heterocycles. The second-order valence-electron chi connectivity index (χ2n) is 20.2. The molecule has 0 rings (SSSR count). The number of carbonyl (C=O) groups is 3. The predicted molar refractivity (Wildman–Crippen MR) is 266 cm³/mol. The third-order valence-electron chi connectivity index (χ3n) is 12.7. The SMILES string of the molecule is CCCCCCCCCCCCCC(=O)OC[C@@H](COC(=O)CCCCCCCCCCCCCCCCCCCCC(C)C)OC(=O)CCCCCCCCCCCC(C)C. The highest BCUT2D eigenvalue weighted by Gasteiger charge is 2.19. The minimum Gasteiger partial charge on any atom is -0.462 e. The lowest BCUT2D eigenvalue weighted by atomic mass is 10.0. The molecule has 0 saturated carbocycles. The van der Waals surface area contributed by atoms with Gasteiger partial charge in [0.2, 0.25) is 0 Å². The lowest BCUT2D eigenvalue weighted by Crippen LogP contribution is -2.30. The zero-order chi connectivity index (χ0) is 45.4. The second kappa shape index (κ2) is 48.9. The number of esters is 3. The molecule has 0 aliphatic carbocycles. The van der Waals surface area contributed by atoms with E-state index in [9.17, 15) is 14.4 Å². The van der Waals surface area contributed by atoms with Crippen molar-refractivity contribution in [2.75, 3.05) is 13.2 Å². The number of rotatable bonds is 50. The highest BCUT2D eigenvalue weighted by Crippen LogP contribution is 2.18. The Morgan fingerprint density at radius 2 is 0.532 bits per heavy atom. The van der Waals surface area contributed by atoms with E-state index < -0.39 is 6.10 Å². The maximum absolute atomic E-state index is 12.8. The van der Waals surface area contributed by atoms with Gasteiger partial charge in [-0.3, -0.25) is 14.4 Å². The van der Waals surface area contributed by atoms with Crippen molar-refractivity contribution in [2.45, 2.75) is 317 Å². The first-order valence-corrected chi connectivity index (χ1v) is 27.7. The molecule has 6 heteroatoms. The maximum Gasteiger partial charge on any atom is 0.306 e. The molecule has 6 nitrogen and oxygen atoms in total. The summed E-state index contributed by atoms with van der Waals surface area (Å²) in [7, 11) is 0. The van der Waals surface area contributed by atoms with E-state index in [1.165, 1.54) is 199 Å². The Morgan fingerprint density at radius 1 is 0.306 bits per heavy atom. The normalized spacial score (nSPS) is 12.0. The van der Waals surface area contributed by atoms with Crippen molar-refractivity contribution in [3.63, 3.8) is 0 Å². The molecule has 0 spiro atoms. The Morgan fingerprint density at radius 3 is 0.790 bits per heavy atom. The van der Waals surface area contributed by atoms with Gasteiger partial charge >= 0.3 is 17.9 Å².